The summed E-state index contributed by atoms with van der Waals surface area (Å²) in [6.45, 7) is 10.3. The second kappa shape index (κ2) is 6.22. The average Bonchev–Trinajstić information content (AvgIpc) is 2.86. The summed E-state index contributed by atoms with van der Waals surface area (Å²) in [5.41, 5.74) is 3.59. The van der Waals surface area contributed by atoms with Gasteiger partial charge < -0.3 is 9.67 Å². The molecule has 0 radical (unpaired) electrons. The Labute approximate surface area is 124 Å². The first-order valence-electron chi connectivity index (χ1n) is 6.74. The van der Waals surface area contributed by atoms with Gasteiger partial charge in [0.1, 0.15) is 0 Å². The predicted molar refractivity (Wildman–Crippen MR) is 84.1 cm³/mol. The van der Waals surface area contributed by atoms with E-state index in [1.165, 1.54) is 0 Å². The summed E-state index contributed by atoms with van der Waals surface area (Å²) in [7, 11) is 0. The highest BCUT2D eigenvalue weighted by molar-refractivity contribution is 5.94. The maximum Gasteiger partial charge on any atom is 0.337 e. The summed E-state index contributed by atoms with van der Waals surface area (Å²) in [6, 6.07) is 3.82. The molecule has 0 aliphatic heterocycles. The van der Waals surface area contributed by atoms with E-state index in [0.29, 0.717) is 12.1 Å². The van der Waals surface area contributed by atoms with Gasteiger partial charge in [-0.15, -0.1) is 0 Å². The fourth-order valence-electron chi connectivity index (χ4n) is 2.32. The van der Waals surface area contributed by atoms with E-state index in [9.17, 15) is 9.90 Å². The monoisotopic (exact) mass is 282 g/mol. The molecule has 0 bridgehead atoms. The van der Waals surface area contributed by atoms with Gasteiger partial charge in [-0.05, 0) is 23.6 Å². The molecular weight excluding hydrogens is 264 g/mol. The second-order valence-electron chi connectivity index (χ2n) is 4.76. The normalized spacial score (nSPS) is 10.3. The number of carboxylic acid groups (broad SMARTS) is 1. The summed E-state index contributed by atoms with van der Waals surface area (Å²) >= 11 is 0. The number of allylic oxidation sites excluding steroid dienone is 1. The maximum atomic E-state index is 11.4. The van der Waals surface area contributed by atoms with Crippen molar-refractivity contribution in [2.24, 2.45) is 0 Å². The lowest BCUT2D eigenvalue weighted by molar-refractivity contribution is 0.0696. The molecule has 0 unspecified atom stereocenters. The van der Waals surface area contributed by atoms with Crippen molar-refractivity contribution in [2.75, 3.05) is 0 Å². The van der Waals surface area contributed by atoms with E-state index < -0.39 is 5.97 Å². The molecule has 0 fully saturated rings. The lowest BCUT2D eigenvalue weighted by Crippen LogP contribution is -2.03. The van der Waals surface area contributed by atoms with Gasteiger partial charge in [0.05, 0.1) is 11.3 Å². The van der Waals surface area contributed by atoms with Gasteiger partial charge in [0.15, 0.2) is 0 Å². The summed E-state index contributed by atoms with van der Waals surface area (Å²) in [5, 5.41) is 9.35. The van der Waals surface area contributed by atoms with E-state index in [0.717, 1.165) is 23.3 Å². The molecule has 21 heavy (non-hydrogen) atoms. The third-order valence-corrected chi connectivity index (χ3v) is 3.39. The van der Waals surface area contributed by atoms with Gasteiger partial charge in [0, 0.05) is 30.7 Å². The molecule has 2 heterocycles. The van der Waals surface area contributed by atoms with Crippen molar-refractivity contribution in [1.29, 1.82) is 0 Å². The Morgan fingerprint density at radius 1 is 1.52 bits per heavy atom. The van der Waals surface area contributed by atoms with Gasteiger partial charge >= 0.3 is 5.97 Å². The van der Waals surface area contributed by atoms with Gasteiger partial charge in [-0.3, -0.25) is 4.98 Å². The topological polar surface area (TPSA) is 55.1 Å². The van der Waals surface area contributed by atoms with E-state index in [2.05, 4.69) is 18.1 Å². The van der Waals surface area contributed by atoms with Gasteiger partial charge in [0.2, 0.25) is 0 Å². The smallest absolute Gasteiger partial charge is 0.337 e. The van der Waals surface area contributed by atoms with Crippen molar-refractivity contribution in [3.63, 3.8) is 0 Å². The van der Waals surface area contributed by atoms with Crippen LogP contribution in [0.2, 0.25) is 0 Å². The quantitative estimate of drug-likeness (QED) is 0.879. The van der Waals surface area contributed by atoms with Crippen molar-refractivity contribution in [3.05, 3.63) is 66.3 Å². The van der Waals surface area contributed by atoms with Crippen LogP contribution in [-0.4, -0.2) is 20.6 Å². The first-order valence-corrected chi connectivity index (χ1v) is 6.74. The minimum absolute atomic E-state index is 0.249. The summed E-state index contributed by atoms with van der Waals surface area (Å²) in [4.78, 5) is 15.5. The molecule has 0 atom stereocenters. The number of nitrogens with zero attached hydrogens (tertiary/aromatic N) is 2. The van der Waals surface area contributed by atoms with Crippen LogP contribution in [-0.2, 0) is 6.54 Å². The van der Waals surface area contributed by atoms with Crippen LogP contribution in [0.15, 0.2) is 43.9 Å². The SMILES string of the molecule is C=Cc1c(C(=O)O)cn(Cc2cccnc2)c1C(=C)CC. The fourth-order valence-corrected chi connectivity index (χ4v) is 2.32. The van der Waals surface area contributed by atoms with Gasteiger partial charge in [-0.1, -0.05) is 32.2 Å². The van der Waals surface area contributed by atoms with Crippen molar-refractivity contribution in [3.8, 4) is 0 Å². The number of rotatable bonds is 6. The maximum absolute atomic E-state index is 11.4. The standard InChI is InChI=1S/C17H18N2O2/c1-4-12(3)16-14(5-2)15(17(20)21)11-19(16)10-13-7-6-8-18-9-13/h5-9,11H,2-4,10H2,1H3,(H,20,21). The molecule has 0 aromatic carbocycles. The first kappa shape index (κ1) is 14.8. The zero-order chi connectivity index (χ0) is 15.4. The first-order chi connectivity index (χ1) is 10.1. The van der Waals surface area contributed by atoms with Crippen LogP contribution in [0.5, 0.6) is 0 Å². The molecule has 4 heteroatoms. The highest BCUT2D eigenvalue weighted by Gasteiger charge is 2.19. The third-order valence-electron chi connectivity index (χ3n) is 3.39. The lowest BCUT2D eigenvalue weighted by atomic mass is 10.0. The summed E-state index contributed by atoms with van der Waals surface area (Å²) in [6.07, 6.45) is 7.45. The Balaban J connectivity index is 2.56. The molecule has 0 saturated carbocycles. The van der Waals surface area contributed by atoms with Crippen LogP contribution in [0.3, 0.4) is 0 Å². The molecule has 0 saturated heterocycles. The third kappa shape index (κ3) is 2.94. The Morgan fingerprint density at radius 2 is 2.29 bits per heavy atom. The van der Waals surface area contributed by atoms with Crippen LogP contribution in [0.25, 0.3) is 11.6 Å². The molecule has 2 aromatic rings. The summed E-state index contributed by atoms with van der Waals surface area (Å²) < 4.78 is 1.91. The van der Waals surface area contributed by atoms with Crippen LogP contribution in [0.1, 0.15) is 40.5 Å². The van der Waals surface area contributed by atoms with Crippen molar-refractivity contribution < 1.29 is 9.90 Å². The molecule has 0 aliphatic rings. The fraction of sp³-hybridized carbons (Fsp3) is 0.176. The van der Waals surface area contributed by atoms with Crippen LogP contribution in [0, 0.1) is 0 Å². The zero-order valence-corrected chi connectivity index (χ0v) is 12.0. The van der Waals surface area contributed by atoms with E-state index in [4.69, 9.17) is 0 Å². The molecule has 2 aromatic heterocycles. The number of aromatic carboxylic acids is 1. The van der Waals surface area contributed by atoms with Crippen LogP contribution < -0.4 is 0 Å². The molecule has 1 N–H and O–H groups in total. The molecular formula is C17H18N2O2. The van der Waals surface area contributed by atoms with E-state index in [1.807, 2.05) is 23.6 Å². The number of aromatic nitrogens is 2. The number of hydrogen-bond acceptors (Lipinski definition) is 2. The molecule has 0 spiro atoms. The highest BCUT2D eigenvalue weighted by atomic mass is 16.4. The van der Waals surface area contributed by atoms with Crippen molar-refractivity contribution in [1.82, 2.24) is 9.55 Å². The van der Waals surface area contributed by atoms with E-state index >= 15 is 0 Å². The van der Waals surface area contributed by atoms with Gasteiger partial charge in [-0.2, -0.15) is 0 Å². The van der Waals surface area contributed by atoms with E-state index in [-0.39, 0.29) is 5.56 Å². The minimum atomic E-state index is -0.958. The molecule has 0 amide bonds. The van der Waals surface area contributed by atoms with Gasteiger partial charge in [0.25, 0.3) is 0 Å². The molecule has 108 valence electrons. The van der Waals surface area contributed by atoms with Gasteiger partial charge in [-0.25, -0.2) is 4.79 Å². The molecule has 4 nitrogen and oxygen atoms in total. The second-order valence-corrected chi connectivity index (χ2v) is 4.76. The number of carboxylic acids is 1. The predicted octanol–water partition coefficient (Wildman–Crippen LogP) is 3.70. The van der Waals surface area contributed by atoms with Crippen LogP contribution >= 0.6 is 0 Å². The number of pyridine rings is 1. The number of hydrogen-bond donors (Lipinski definition) is 1. The molecule has 2 rings (SSSR count). The van der Waals surface area contributed by atoms with Crippen LogP contribution in [0.4, 0.5) is 0 Å². The van der Waals surface area contributed by atoms with Crippen molar-refractivity contribution in [2.45, 2.75) is 19.9 Å². The van der Waals surface area contributed by atoms with Crippen molar-refractivity contribution >= 4 is 17.6 Å². The zero-order valence-electron chi connectivity index (χ0n) is 12.0. The Morgan fingerprint density at radius 3 is 2.81 bits per heavy atom. The minimum Gasteiger partial charge on any atom is -0.478 e. The largest absolute Gasteiger partial charge is 0.478 e. The summed E-state index contributed by atoms with van der Waals surface area (Å²) in [5.74, 6) is -0.958. The average molecular weight is 282 g/mol. The van der Waals surface area contributed by atoms with E-state index in [1.54, 1.807) is 24.7 Å². The Hall–Kier alpha value is -2.62. The molecule has 0 aliphatic carbocycles. The Kier molecular flexibility index (Phi) is 4.38. The lowest BCUT2D eigenvalue weighted by Gasteiger charge is -2.11. The number of carbonyl (C=O) groups is 1. The highest BCUT2D eigenvalue weighted by Crippen LogP contribution is 2.27. The Bertz CT molecular complexity index is 684.